The maximum atomic E-state index is 9.94. The molecule has 1 saturated heterocycles. The van der Waals surface area contributed by atoms with Crippen LogP contribution >= 0.6 is 11.8 Å². The highest BCUT2D eigenvalue weighted by Gasteiger charge is 2.42. The van der Waals surface area contributed by atoms with E-state index in [-0.39, 0.29) is 6.61 Å². The minimum Gasteiger partial charge on any atom is -0.394 e. The topological polar surface area (TPSA) is 90.2 Å². The summed E-state index contributed by atoms with van der Waals surface area (Å²) in [6.45, 7) is 1.87. The number of aliphatic hydroxyl groups excluding tert-OH is 4. The largest absolute Gasteiger partial charge is 0.394 e. The average molecular weight is 351 g/mol. The molecule has 0 aromatic heterocycles. The van der Waals surface area contributed by atoms with Gasteiger partial charge in [0.1, 0.15) is 24.4 Å². The molecule has 6 heteroatoms. The molecule has 0 aromatic carbocycles. The Balaban J connectivity index is 2.06. The Kier molecular flexibility index (Phi) is 11.5. The molecule has 1 aliphatic heterocycles. The molecular weight excluding hydrogens is 316 g/mol. The Morgan fingerprint density at radius 1 is 0.783 bits per heavy atom. The van der Waals surface area contributed by atoms with Crippen LogP contribution in [0.25, 0.3) is 0 Å². The van der Waals surface area contributed by atoms with Crippen LogP contribution in [0.15, 0.2) is 0 Å². The Bertz CT molecular complexity index is 290. The van der Waals surface area contributed by atoms with Crippen LogP contribution in [-0.4, -0.2) is 69.1 Å². The lowest BCUT2D eigenvalue weighted by Crippen LogP contribution is -2.58. The summed E-state index contributed by atoms with van der Waals surface area (Å²) in [6, 6.07) is 0. The molecule has 0 aromatic rings. The molecule has 1 heterocycles. The predicted octanol–water partition coefficient (Wildman–Crippen LogP) is 1.70. The van der Waals surface area contributed by atoms with Gasteiger partial charge in [0.2, 0.25) is 0 Å². The minimum atomic E-state index is -1.25. The van der Waals surface area contributed by atoms with Crippen molar-refractivity contribution in [1.29, 1.82) is 0 Å². The van der Waals surface area contributed by atoms with Crippen molar-refractivity contribution in [3.05, 3.63) is 0 Å². The average Bonchev–Trinajstić information content (AvgIpc) is 2.56. The van der Waals surface area contributed by atoms with E-state index >= 15 is 0 Å². The van der Waals surface area contributed by atoms with E-state index in [1.54, 1.807) is 0 Å². The van der Waals surface area contributed by atoms with Gasteiger partial charge in [-0.1, -0.05) is 39.0 Å². The molecule has 5 atom stereocenters. The molecule has 4 N–H and O–H groups in total. The van der Waals surface area contributed by atoms with Gasteiger partial charge in [0.05, 0.1) is 12.7 Å². The number of hydrogen-bond donors (Lipinski definition) is 4. The zero-order valence-corrected chi connectivity index (χ0v) is 15.1. The van der Waals surface area contributed by atoms with Crippen LogP contribution in [0.2, 0.25) is 0 Å². The van der Waals surface area contributed by atoms with Gasteiger partial charge in [-0.2, -0.15) is 11.8 Å². The number of aliphatic hydroxyl groups is 4. The second-order valence-electron chi connectivity index (χ2n) is 6.39. The van der Waals surface area contributed by atoms with Crippen LogP contribution in [0.4, 0.5) is 0 Å². The minimum absolute atomic E-state index is 0.353. The van der Waals surface area contributed by atoms with E-state index in [4.69, 9.17) is 9.84 Å². The summed E-state index contributed by atoms with van der Waals surface area (Å²) < 4.78 is 5.49. The van der Waals surface area contributed by atoms with Crippen molar-refractivity contribution < 1.29 is 25.2 Å². The van der Waals surface area contributed by atoms with Crippen molar-refractivity contribution in [3.8, 4) is 0 Å². The lowest BCUT2D eigenvalue weighted by atomic mass is 9.93. The van der Waals surface area contributed by atoms with Gasteiger partial charge < -0.3 is 25.2 Å². The van der Waals surface area contributed by atoms with Gasteiger partial charge in [-0.3, -0.25) is 0 Å². The molecule has 0 saturated carbocycles. The summed E-state index contributed by atoms with van der Waals surface area (Å²) in [5, 5.41) is 38.5. The van der Waals surface area contributed by atoms with Crippen LogP contribution in [0.1, 0.15) is 58.3 Å². The molecule has 0 amide bonds. The first kappa shape index (κ1) is 21.2. The Morgan fingerprint density at radius 3 is 2.09 bits per heavy atom. The van der Waals surface area contributed by atoms with Crippen LogP contribution in [0.3, 0.4) is 0 Å². The highest BCUT2D eigenvalue weighted by Crippen LogP contribution is 2.24. The van der Waals surface area contributed by atoms with Crippen molar-refractivity contribution in [2.45, 2.75) is 88.8 Å². The van der Waals surface area contributed by atoms with Gasteiger partial charge in [0.15, 0.2) is 0 Å². The number of rotatable bonds is 12. The summed E-state index contributed by atoms with van der Waals surface area (Å²) in [7, 11) is 0. The number of thioether (sulfide) groups is 1. The van der Waals surface area contributed by atoms with Gasteiger partial charge in [-0.15, -0.1) is 0 Å². The van der Waals surface area contributed by atoms with Crippen molar-refractivity contribution in [3.63, 3.8) is 0 Å². The first-order valence-corrected chi connectivity index (χ1v) is 10.2. The Morgan fingerprint density at radius 2 is 1.39 bits per heavy atom. The smallest absolute Gasteiger partial charge is 0.111 e. The molecule has 1 aliphatic rings. The zero-order valence-electron chi connectivity index (χ0n) is 14.3. The summed E-state index contributed by atoms with van der Waals surface area (Å²) >= 11 is 1.92. The summed E-state index contributed by atoms with van der Waals surface area (Å²) in [6.07, 6.45) is 4.50. The van der Waals surface area contributed by atoms with E-state index in [0.717, 1.165) is 12.2 Å². The molecule has 138 valence electrons. The third-order valence-corrected chi connectivity index (χ3v) is 5.57. The van der Waals surface area contributed by atoms with Gasteiger partial charge in [-0.05, 0) is 30.8 Å². The third kappa shape index (κ3) is 7.71. The van der Waals surface area contributed by atoms with E-state index in [1.165, 1.54) is 44.3 Å². The lowest BCUT2D eigenvalue weighted by Gasteiger charge is -2.40. The third-order valence-electron chi connectivity index (χ3n) is 4.41. The molecule has 5 unspecified atom stereocenters. The zero-order chi connectivity index (χ0) is 17.1. The van der Waals surface area contributed by atoms with E-state index < -0.39 is 30.5 Å². The first-order chi connectivity index (χ1) is 11.1. The van der Waals surface area contributed by atoms with Crippen LogP contribution in [-0.2, 0) is 4.74 Å². The highest BCUT2D eigenvalue weighted by molar-refractivity contribution is 7.99. The molecule has 5 nitrogen and oxygen atoms in total. The molecule has 0 spiro atoms. The lowest BCUT2D eigenvalue weighted by molar-refractivity contribution is -0.230. The molecule has 23 heavy (non-hydrogen) atoms. The van der Waals surface area contributed by atoms with E-state index in [9.17, 15) is 15.3 Å². The van der Waals surface area contributed by atoms with Gasteiger partial charge >= 0.3 is 0 Å². The normalized spacial score (nSPS) is 31.4. The standard InChI is InChI=1S/C17H34O5S/c1-2-3-4-5-6-7-10-23-11-8-9-13-15(19)17(21)16(20)14(12-18)22-13/h13-21H,2-12H2,1H3. The number of unbranched alkanes of at least 4 members (excludes halogenated alkanes) is 5. The van der Waals surface area contributed by atoms with Crippen LogP contribution < -0.4 is 0 Å². The summed E-state index contributed by atoms with van der Waals surface area (Å²) in [4.78, 5) is 0. The summed E-state index contributed by atoms with van der Waals surface area (Å²) in [5.41, 5.74) is 0. The second kappa shape index (κ2) is 12.5. The van der Waals surface area contributed by atoms with Crippen molar-refractivity contribution >= 4 is 11.8 Å². The fraction of sp³-hybridized carbons (Fsp3) is 1.00. The predicted molar refractivity (Wildman–Crippen MR) is 93.7 cm³/mol. The molecule has 0 bridgehead atoms. The highest BCUT2D eigenvalue weighted by atomic mass is 32.2. The molecule has 1 fully saturated rings. The second-order valence-corrected chi connectivity index (χ2v) is 7.61. The quantitative estimate of drug-likeness (QED) is 0.401. The monoisotopic (exact) mass is 350 g/mol. The number of ether oxygens (including phenoxy) is 1. The van der Waals surface area contributed by atoms with Crippen LogP contribution in [0, 0.1) is 0 Å². The van der Waals surface area contributed by atoms with Crippen molar-refractivity contribution in [1.82, 2.24) is 0 Å². The fourth-order valence-corrected chi connectivity index (χ4v) is 3.87. The molecule has 1 rings (SSSR count). The maximum Gasteiger partial charge on any atom is 0.111 e. The molecule has 0 radical (unpaired) electrons. The van der Waals surface area contributed by atoms with E-state index in [1.807, 2.05) is 11.8 Å². The van der Waals surface area contributed by atoms with Gasteiger partial charge in [0.25, 0.3) is 0 Å². The SMILES string of the molecule is CCCCCCCCSCCCC1OC(CO)C(O)C(O)C1O. The number of hydrogen-bond acceptors (Lipinski definition) is 6. The van der Waals surface area contributed by atoms with Crippen molar-refractivity contribution in [2.24, 2.45) is 0 Å². The molecular formula is C17H34O5S. The fourth-order valence-electron chi connectivity index (χ4n) is 2.89. The Hall–Kier alpha value is 0.150. The maximum absolute atomic E-state index is 9.94. The summed E-state index contributed by atoms with van der Waals surface area (Å²) in [5.74, 6) is 2.17. The first-order valence-electron chi connectivity index (χ1n) is 9.00. The van der Waals surface area contributed by atoms with Gasteiger partial charge in [-0.25, -0.2) is 0 Å². The van der Waals surface area contributed by atoms with E-state index in [2.05, 4.69) is 6.92 Å². The molecule has 0 aliphatic carbocycles. The van der Waals surface area contributed by atoms with E-state index in [0.29, 0.717) is 6.42 Å². The van der Waals surface area contributed by atoms with Crippen LogP contribution in [0.5, 0.6) is 0 Å². The Labute approximate surface area is 144 Å². The van der Waals surface area contributed by atoms with Gasteiger partial charge in [0, 0.05) is 0 Å². The van der Waals surface area contributed by atoms with Crippen molar-refractivity contribution in [2.75, 3.05) is 18.1 Å².